The summed E-state index contributed by atoms with van der Waals surface area (Å²) >= 11 is 0. The number of rotatable bonds is 2. The summed E-state index contributed by atoms with van der Waals surface area (Å²) in [7, 11) is 0. The number of hydrogen-bond acceptors (Lipinski definition) is 2. The van der Waals surface area contributed by atoms with Gasteiger partial charge in [0.25, 0.3) is 0 Å². The summed E-state index contributed by atoms with van der Waals surface area (Å²) in [6.45, 7) is 6.79. The van der Waals surface area contributed by atoms with Crippen molar-refractivity contribution in [3.05, 3.63) is 24.0 Å². The Labute approximate surface area is 98.5 Å². The molecule has 0 bridgehead atoms. The lowest BCUT2D eigenvalue weighted by atomic mass is 9.75. The van der Waals surface area contributed by atoms with E-state index >= 15 is 0 Å². The Balaban J connectivity index is 1.92. The van der Waals surface area contributed by atoms with Crippen molar-refractivity contribution < 1.29 is 0 Å². The second-order valence-electron chi connectivity index (χ2n) is 5.77. The summed E-state index contributed by atoms with van der Waals surface area (Å²) in [6.07, 6.45) is 7.11. The summed E-state index contributed by atoms with van der Waals surface area (Å²) in [5.74, 6) is 0. The minimum absolute atomic E-state index is 0.548. The van der Waals surface area contributed by atoms with Crippen molar-refractivity contribution >= 4 is 5.69 Å². The number of nitrogens with one attached hydrogen (secondary N) is 1. The lowest BCUT2D eigenvalue weighted by molar-refractivity contribution is 0.232. The van der Waals surface area contributed by atoms with Crippen molar-refractivity contribution in [1.82, 2.24) is 4.98 Å². The van der Waals surface area contributed by atoms with Crippen molar-refractivity contribution in [3.63, 3.8) is 0 Å². The molecule has 1 aliphatic rings. The van der Waals surface area contributed by atoms with Crippen molar-refractivity contribution in [2.45, 2.75) is 52.5 Å². The van der Waals surface area contributed by atoms with Crippen LogP contribution >= 0.6 is 0 Å². The Morgan fingerprint density at radius 3 is 2.62 bits per heavy atom. The fraction of sp³-hybridized carbons (Fsp3) is 0.643. The smallest absolute Gasteiger partial charge is 0.0393 e. The molecule has 2 nitrogen and oxygen atoms in total. The van der Waals surface area contributed by atoms with Gasteiger partial charge in [-0.1, -0.05) is 13.8 Å². The predicted octanol–water partition coefficient (Wildman–Crippen LogP) is 3.77. The number of anilines is 1. The van der Waals surface area contributed by atoms with Gasteiger partial charge in [-0.05, 0) is 50.2 Å². The maximum atomic E-state index is 4.22. The molecule has 1 N–H and O–H groups in total. The zero-order valence-electron chi connectivity index (χ0n) is 10.6. The van der Waals surface area contributed by atoms with Gasteiger partial charge >= 0.3 is 0 Å². The maximum absolute atomic E-state index is 4.22. The molecule has 0 spiro atoms. The van der Waals surface area contributed by atoms with E-state index in [0.29, 0.717) is 11.5 Å². The number of nitrogens with zero attached hydrogens (tertiary/aromatic N) is 1. The van der Waals surface area contributed by atoms with E-state index in [1.807, 2.05) is 13.1 Å². The molecule has 2 rings (SSSR count). The maximum Gasteiger partial charge on any atom is 0.0393 e. The van der Waals surface area contributed by atoms with Crippen LogP contribution in [0.1, 0.15) is 45.2 Å². The monoisotopic (exact) mass is 218 g/mol. The molecule has 0 aromatic carbocycles. The lowest BCUT2D eigenvalue weighted by Gasteiger charge is -2.35. The van der Waals surface area contributed by atoms with Gasteiger partial charge in [0.2, 0.25) is 0 Å². The summed E-state index contributed by atoms with van der Waals surface area (Å²) < 4.78 is 0. The van der Waals surface area contributed by atoms with Crippen LogP contribution in [0.25, 0.3) is 0 Å². The van der Waals surface area contributed by atoms with Crippen molar-refractivity contribution in [2.24, 2.45) is 5.41 Å². The Morgan fingerprint density at radius 2 is 2.00 bits per heavy atom. The largest absolute Gasteiger partial charge is 0.382 e. The fourth-order valence-corrected chi connectivity index (χ4v) is 2.41. The second kappa shape index (κ2) is 4.44. The van der Waals surface area contributed by atoms with Crippen LogP contribution in [0.5, 0.6) is 0 Å². The van der Waals surface area contributed by atoms with Crippen LogP contribution in [0.15, 0.2) is 18.3 Å². The van der Waals surface area contributed by atoms with Crippen LogP contribution in [-0.2, 0) is 0 Å². The van der Waals surface area contributed by atoms with E-state index in [1.54, 1.807) is 0 Å². The first-order valence-corrected chi connectivity index (χ1v) is 6.24. The molecule has 1 fully saturated rings. The molecule has 1 heterocycles. The molecule has 1 saturated carbocycles. The van der Waals surface area contributed by atoms with Gasteiger partial charge in [-0.3, -0.25) is 4.98 Å². The molecule has 0 unspecified atom stereocenters. The number of hydrogen-bond donors (Lipinski definition) is 1. The van der Waals surface area contributed by atoms with Gasteiger partial charge in [-0.15, -0.1) is 0 Å². The minimum Gasteiger partial charge on any atom is -0.382 e. The first-order chi connectivity index (χ1) is 7.55. The molecular weight excluding hydrogens is 196 g/mol. The van der Waals surface area contributed by atoms with Crippen LogP contribution in [0.2, 0.25) is 0 Å². The summed E-state index contributed by atoms with van der Waals surface area (Å²) in [5, 5.41) is 3.62. The van der Waals surface area contributed by atoms with Crippen molar-refractivity contribution in [1.29, 1.82) is 0 Å². The van der Waals surface area contributed by atoms with Crippen LogP contribution in [0, 0.1) is 12.3 Å². The Kier molecular flexibility index (Phi) is 3.17. The highest BCUT2D eigenvalue weighted by molar-refractivity contribution is 5.43. The average Bonchev–Trinajstić information content (AvgIpc) is 2.21. The first-order valence-electron chi connectivity index (χ1n) is 6.24. The average molecular weight is 218 g/mol. The Bertz CT molecular complexity index is 348. The van der Waals surface area contributed by atoms with Crippen LogP contribution in [-0.4, -0.2) is 11.0 Å². The third kappa shape index (κ3) is 2.97. The van der Waals surface area contributed by atoms with E-state index in [-0.39, 0.29) is 0 Å². The highest BCUT2D eigenvalue weighted by Gasteiger charge is 2.26. The summed E-state index contributed by atoms with van der Waals surface area (Å²) in [4.78, 5) is 4.22. The Morgan fingerprint density at radius 1 is 1.31 bits per heavy atom. The topological polar surface area (TPSA) is 24.9 Å². The molecular formula is C14H22N2. The fourth-order valence-electron chi connectivity index (χ4n) is 2.41. The van der Waals surface area contributed by atoms with Gasteiger partial charge in [-0.2, -0.15) is 0 Å². The molecule has 88 valence electrons. The second-order valence-corrected chi connectivity index (χ2v) is 5.77. The molecule has 16 heavy (non-hydrogen) atoms. The highest BCUT2D eigenvalue weighted by atomic mass is 14.9. The van der Waals surface area contributed by atoms with Gasteiger partial charge in [0.1, 0.15) is 0 Å². The first kappa shape index (κ1) is 11.4. The number of pyridine rings is 1. The quantitative estimate of drug-likeness (QED) is 0.817. The highest BCUT2D eigenvalue weighted by Crippen LogP contribution is 2.36. The lowest BCUT2D eigenvalue weighted by Crippen LogP contribution is -2.29. The van der Waals surface area contributed by atoms with Gasteiger partial charge in [0.05, 0.1) is 0 Å². The Hall–Kier alpha value is -1.05. The SMILES string of the molecule is Cc1cc(NC2CCC(C)(C)CC2)ccn1. The molecule has 0 saturated heterocycles. The molecule has 1 aliphatic carbocycles. The molecule has 0 amide bonds. The van der Waals surface area contributed by atoms with Gasteiger partial charge in [0, 0.05) is 23.6 Å². The molecule has 1 aromatic heterocycles. The van der Waals surface area contributed by atoms with Crippen molar-refractivity contribution in [3.8, 4) is 0 Å². The van der Waals surface area contributed by atoms with E-state index < -0.39 is 0 Å². The van der Waals surface area contributed by atoms with Crippen LogP contribution in [0.3, 0.4) is 0 Å². The standard InChI is InChI=1S/C14H22N2/c1-11-10-13(6-9-15-11)16-12-4-7-14(2,3)8-5-12/h6,9-10,12H,4-5,7-8H2,1-3H3,(H,15,16). The van der Waals surface area contributed by atoms with Gasteiger partial charge in [0.15, 0.2) is 0 Å². The molecule has 2 heteroatoms. The third-order valence-corrected chi connectivity index (χ3v) is 3.61. The zero-order valence-corrected chi connectivity index (χ0v) is 10.6. The van der Waals surface area contributed by atoms with Crippen molar-refractivity contribution in [2.75, 3.05) is 5.32 Å². The molecule has 0 atom stereocenters. The predicted molar refractivity (Wildman–Crippen MR) is 68.6 cm³/mol. The van der Waals surface area contributed by atoms with E-state index in [0.717, 1.165) is 5.69 Å². The van der Waals surface area contributed by atoms with E-state index in [2.05, 4.69) is 36.3 Å². The normalized spacial score (nSPS) is 20.7. The van der Waals surface area contributed by atoms with E-state index in [9.17, 15) is 0 Å². The van der Waals surface area contributed by atoms with Gasteiger partial charge < -0.3 is 5.32 Å². The van der Waals surface area contributed by atoms with E-state index in [1.165, 1.54) is 31.4 Å². The summed E-state index contributed by atoms with van der Waals surface area (Å²) in [6, 6.07) is 4.83. The molecule has 0 radical (unpaired) electrons. The van der Waals surface area contributed by atoms with Gasteiger partial charge in [-0.25, -0.2) is 0 Å². The zero-order chi connectivity index (χ0) is 11.6. The molecule has 1 aromatic rings. The van der Waals surface area contributed by atoms with Crippen LogP contribution in [0.4, 0.5) is 5.69 Å². The number of aryl methyl sites for hydroxylation is 1. The van der Waals surface area contributed by atoms with E-state index in [4.69, 9.17) is 0 Å². The third-order valence-electron chi connectivity index (χ3n) is 3.61. The minimum atomic E-state index is 0.548. The van der Waals surface area contributed by atoms with Crippen LogP contribution < -0.4 is 5.32 Å². The summed E-state index contributed by atoms with van der Waals surface area (Å²) in [5.41, 5.74) is 2.85. The molecule has 0 aliphatic heterocycles. The number of aromatic nitrogens is 1.